The summed E-state index contributed by atoms with van der Waals surface area (Å²) < 4.78 is 33.1. The molecule has 2 N–H and O–H groups in total. The second kappa shape index (κ2) is 5.52. The van der Waals surface area contributed by atoms with Crippen LogP contribution in [0.5, 0.6) is 0 Å². The maximum atomic E-state index is 13.8. The van der Waals surface area contributed by atoms with Crippen molar-refractivity contribution in [2.45, 2.75) is 25.9 Å². The van der Waals surface area contributed by atoms with Gasteiger partial charge >= 0.3 is 0 Å². The highest BCUT2D eigenvalue weighted by Gasteiger charge is 2.22. The van der Waals surface area contributed by atoms with E-state index >= 15 is 0 Å². The van der Waals surface area contributed by atoms with Gasteiger partial charge in [-0.2, -0.15) is 0 Å². The van der Waals surface area contributed by atoms with E-state index in [2.05, 4.69) is 0 Å². The smallest absolute Gasteiger partial charge is 0.151 e. The predicted molar refractivity (Wildman–Crippen MR) is 67.6 cm³/mol. The monoisotopic (exact) mass is 256 g/mol. The van der Waals surface area contributed by atoms with Crippen LogP contribution >= 0.6 is 0 Å². The van der Waals surface area contributed by atoms with Crippen molar-refractivity contribution in [2.24, 2.45) is 0 Å². The fourth-order valence-corrected chi connectivity index (χ4v) is 2.30. The van der Waals surface area contributed by atoms with Gasteiger partial charge in [-0.3, -0.25) is 0 Å². The Morgan fingerprint density at radius 1 is 1.39 bits per heavy atom. The highest BCUT2D eigenvalue weighted by atomic mass is 19.1. The van der Waals surface area contributed by atoms with Gasteiger partial charge in [0.1, 0.15) is 5.69 Å². The molecule has 1 fully saturated rings. The molecule has 18 heavy (non-hydrogen) atoms. The fraction of sp³-hybridized carbons (Fsp3) is 0.538. The van der Waals surface area contributed by atoms with E-state index in [0.29, 0.717) is 13.1 Å². The number of nitrogen functional groups attached to an aromatic ring is 1. The molecule has 1 aliphatic heterocycles. The van der Waals surface area contributed by atoms with Crippen LogP contribution in [0.2, 0.25) is 0 Å². The standard InChI is InChI=1S/C13H18F2N2O/c1-2-17(8-10-4-3-5-18-10)13-11(14)6-9(16)7-12(13)15/h6-7,10H,2-5,8,16H2,1H3. The molecule has 1 heterocycles. The number of hydrogen-bond donors (Lipinski definition) is 1. The summed E-state index contributed by atoms with van der Waals surface area (Å²) in [4.78, 5) is 1.67. The van der Waals surface area contributed by atoms with E-state index in [9.17, 15) is 8.78 Å². The average molecular weight is 256 g/mol. The SMILES string of the molecule is CCN(CC1CCCO1)c1c(F)cc(N)cc1F. The van der Waals surface area contributed by atoms with Crippen molar-refractivity contribution in [1.82, 2.24) is 0 Å². The van der Waals surface area contributed by atoms with E-state index in [1.165, 1.54) is 0 Å². The number of nitrogens with zero attached hydrogens (tertiary/aromatic N) is 1. The van der Waals surface area contributed by atoms with Gasteiger partial charge in [0.15, 0.2) is 11.6 Å². The summed E-state index contributed by atoms with van der Waals surface area (Å²) in [5.41, 5.74) is 5.50. The predicted octanol–water partition coefficient (Wildman–Crippen LogP) is 2.55. The molecule has 0 aromatic heterocycles. The molecule has 0 amide bonds. The van der Waals surface area contributed by atoms with E-state index < -0.39 is 11.6 Å². The zero-order valence-corrected chi connectivity index (χ0v) is 10.5. The topological polar surface area (TPSA) is 38.5 Å². The maximum Gasteiger partial charge on any atom is 0.151 e. The van der Waals surface area contributed by atoms with Gasteiger partial charge in [0.25, 0.3) is 0 Å². The lowest BCUT2D eigenvalue weighted by atomic mass is 10.2. The first kappa shape index (κ1) is 13.1. The minimum absolute atomic E-state index is 0.0119. The third-order valence-electron chi connectivity index (χ3n) is 3.19. The third-order valence-corrected chi connectivity index (χ3v) is 3.19. The van der Waals surface area contributed by atoms with Crippen molar-refractivity contribution < 1.29 is 13.5 Å². The Balaban J connectivity index is 2.21. The molecule has 0 aliphatic carbocycles. The summed E-state index contributed by atoms with van der Waals surface area (Å²) in [5.74, 6) is -1.24. The Morgan fingerprint density at radius 3 is 2.56 bits per heavy atom. The number of ether oxygens (including phenoxy) is 1. The van der Waals surface area contributed by atoms with Crippen LogP contribution in [0.25, 0.3) is 0 Å². The lowest BCUT2D eigenvalue weighted by molar-refractivity contribution is 0.115. The zero-order chi connectivity index (χ0) is 13.1. The maximum absolute atomic E-state index is 13.8. The van der Waals surface area contributed by atoms with Crippen molar-refractivity contribution in [3.05, 3.63) is 23.8 Å². The average Bonchev–Trinajstić information content (AvgIpc) is 2.79. The fourth-order valence-electron chi connectivity index (χ4n) is 2.30. The molecule has 2 rings (SSSR count). The molecule has 100 valence electrons. The summed E-state index contributed by atoms with van der Waals surface area (Å²) in [6, 6.07) is 2.30. The van der Waals surface area contributed by atoms with Crippen molar-refractivity contribution in [2.75, 3.05) is 30.3 Å². The lowest BCUT2D eigenvalue weighted by Crippen LogP contribution is -2.33. The van der Waals surface area contributed by atoms with Crippen LogP contribution in [-0.2, 0) is 4.74 Å². The van der Waals surface area contributed by atoms with Gasteiger partial charge in [0.2, 0.25) is 0 Å². The van der Waals surface area contributed by atoms with Crippen LogP contribution in [0, 0.1) is 11.6 Å². The quantitative estimate of drug-likeness (QED) is 0.841. The molecule has 5 heteroatoms. The molecule has 1 aromatic carbocycles. The lowest BCUT2D eigenvalue weighted by Gasteiger charge is -2.26. The van der Waals surface area contributed by atoms with Crippen LogP contribution < -0.4 is 10.6 Å². The highest BCUT2D eigenvalue weighted by molar-refractivity contribution is 5.55. The Kier molecular flexibility index (Phi) is 4.01. The van der Waals surface area contributed by atoms with Crippen molar-refractivity contribution in [3.63, 3.8) is 0 Å². The molecule has 1 unspecified atom stereocenters. The first-order valence-corrected chi connectivity index (χ1v) is 6.23. The second-order valence-corrected chi connectivity index (χ2v) is 4.51. The van der Waals surface area contributed by atoms with Crippen LogP contribution in [0.1, 0.15) is 19.8 Å². The van der Waals surface area contributed by atoms with E-state index in [4.69, 9.17) is 10.5 Å². The Morgan fingerprint density at radius 2 is 2.06 bits per heavy atom. The molecular weight excluding hydrogens is 238 g/mol. The van der Waals surface area contributed by atoms with E-state index in [1.807, 2.05) is 6.92 Å². The van der Waals surface area contributed by atoms with Crippen molar-refractivity contribution in [3.8, 4) is 0 Å². The number of anilines is 2. The summed E-state index contributed by atoms with van der Waals surface area (Å²) in [5, 5.41) is 0. The molecule has 3 nitrogen and oxygen atoms in total. The van der Waals surface area contributed by atoms with Gasteiger partial charge < -0.3 is 15.4 Å². The first-order chi connectivity index (χ1) is 8.61. The van der Waals surface area contributed by atoms with Crippen molar-refractivity contribution in [1.29, 1.82) is 0 Å². The number of rotatable bonds is 4. The van der Waals surface area contributed by atoms with Crippen molar-refractivity contribution >= 4 is 11.4 Å². The summed E-state index contributed by atoms with van der Waals surface area (Å²) in [6.45, 7) is 3.63. The van der Waals surface area contributed by atoms with E-state index in [0.717, 1.165) is 31.6 Å². The van der Waals surface area contributed by atoms with Gasteiger partial charge in [-0.05, 0) is 31.9 Å². The molecular formula is C13H18F2N2O. The van der Waals surface area contributed by atoms with Crippen LogP contribution in [0.3, 0.4) is 0 Å². The number of nitrogens with two attached hydrogens (primary N) is 1. The summed E-state index contributed by atoms with van der Waals surface area (Å²) in [6.07, 6.45) is 2.00. The number of likely N-dealkylation sites (N-methyl/N-ethyl adjacent to an activating group) is 1. The summed E-state index contributed by atoms with van der Waals surface area (Å²) in [7, 11) is 0. The first-order valence-electron chi connectivity index (χ1n) is 6.23. The van der Waals surface area contributed by atoms with E-state index in [1.54, 1.807) is 4.90 Å². The Labute approximate surface area is 106 Å². The van der Waals surface area contributed by atoms with Gasteiger partial charge in [0, 0.05) is 25.4 Å². The van der Waals surface area contributed by atoms with Crippen LogP contribution in [0.4, 0.5) is 20.2 Å². The normalized spacial score (nSPS) is 19.2. The van der Waals surface area contributed by atoms with E-state index in [-0.39, 0.29) is 17.5 Å². The number of benzene rings is 1. The van der Waals surface area contributed by atoms with Crippen LogP contribution in [-0.4, -0.2) is 25.8 Å². The second-order valence-electron chi connectivity index (χ2n) is 4.51. The van der Waals surface area contributed by atoms with Gasteiger partial charge in [-0.1, -0.05) is 0 Å². The molecule has 1 saturated heterocycles. The largest absolute Gasteiger partial charge is 0.399 e. The molecule has 0 radical (unpaired) electrons. The van der Waals surface area contributed by atoms with Gasteiger partial charge in [-0.25, -0.2) is 8.78 Å². The third kappa shape index (κ3) is 2.72. The molecule has 1 aromatic rings. The Bertz CT molecular complexity index is 396. The zero-order valence-electron chi connectivity index (χ0n) is 10.5. The molecule has 0 bridgehead atoms. The minimum Gasteiger partial charge on any atom is -0.399 e. The molecule has 0 saturated carbocycles. The number of halogens is 2. The van der Waals surface area contributed by atoms with Gasteiger partial charge in [-0.15, -0.1) is 0 Å². The Hall–Kier alpha value is -1.36. The minimum atomic E-state index is -0.618. The van der Waals surface area contributed by atoms with Crippen LogP contribution in [0.15, 0.2) is 12.1 Å². The summed E-state index contributed by atoms with van der Waals surface area (Å²) >= 11 is 0. The molecule has 1 aliphatic rings. The molecule has 0 spiro atoms. The number of hydrogen-bond acceptors (Lipinski definition) is 3. The van der Waals surface area contributed by atoms with Gasteiger partial charge in [0.05, 0.1) is 6.10 Å². The molecule has 1 atom stereocenters. The highest BCUT2D eigenvalue weighted by Crippen LogP contribution is 2.27.